The van der Waals surface area contributed by atoms with Gasteiger partial charge in [-0.15, -0.1) is 0 Å². The number of nitrogens with one attached hydrogen (secondary N) is 2. The molecule has 0 heterocycles. The minimum Gasteiger partial charge on any atom is -0.481 e. The van der Waals surface area contributed by atoms with Crippen molar-refractivity contribution in [2.24, 2.45) is 5.92 Å². The second-order valence-electron chi connectivity index (χ2n) is 9.96. The van der Waals surface area contributed by atoms with E-state index in [0.29, 0.717) is 6.42 Å². The van der Waals surface area contributed by atoms with Gasteiger partial charge in [-0.1, -0.05) is 48.5 Å². The molecular formula is C27H30N2O5. The lowest BCUT2D eigenvalue weighted by atomic mass is 9.73. The molecule has 0 aromatic heterocycles. The van der Waals surface area contributed by atoms with Gasteiger partial charge in [0.25, 0.3) is 0 Å². The molecule has 2 aromatic carbocycles. The standard InChI is InChI=1S/C27H30N2O5/c30-24(29-27(10-5-11-27)15-25(31)32)14-17-12-18(13-17)28-26(33)34-16-23-21-8-3-1-6-19(21)20-7-2-4-9-22(20)23/h1-4,6-9,17-18,23H,5,10-16H2,(H,28,33)(H,29,30)(H,31,32). The van der Waals surface area contributed by atoms with Crippen molar-refractivity contribution in [1.29, 1.82) is 0 Å². The number of carbonyl (C=O) groups excluding carboxylic acids is 2. The number of aliphatic carboxylic acids is 1. The summed E-state index contributed by atoms with van der Waals surface area (Å²) in [6.07, 6.45) is 3.77. The van der Waals surface area contributed by atoms with Gasteiger partial charge in [-0.25, -0.2) is 4.79 Å². The lowest BCUT2D eigenvalue weighted by Gasteiger charge is -2.42. The van der Waals surface area contributed by atoms with E-state index < -0.39 is 17.6 Å². The van der Waals surface area contributed by atoms with Crippen molar-refractivity contribution < 1.29 is 24.2 Å². The van der Waals surface area contributed by atoms with Crippen molar-refractivity contribution in [3.05, 3.63) is 59.7 Å². The third-order valence-electron chi connectivity index (χ3n) is 7.58. The van der Waals surface area contributed by atoms with E-state index in [1.807, 2.05) is 24.3 Å². The van der Waals surface area contributed by atoms with Gasteiger partial charge in [0, 0.05) is 18.4 Å². The number of alkyl carbamates (subject to hydrolysis) is 1. The Kier molecular flexibility index (Phi) is 6.02. The highest BCUT2D eigenvalue weighted by atomic mass is 16.5. The molecule has 34 heavy (non-hydrogen) atoms. The van der Waals surface area contributed by atoms with E-state index in [4.69, 9.17) is 9.84 Å². The quantitative estimate of drug-likeness (QED) is 0.545. The average Bonchev–Trinajstić information content (AvgIpc) is 3.08. The molecule has 7 heteroatoms. The maximum absolute atomic E-state index is 12.4. The number of carbonyl (C=O) groups is 3. The normalized spacial score (nSPS) is 21.9. The van der Waals surface area contributed by atoms with E-state index in [1.165, 1.54) is 22.3 Å². The fourth-order valence-electron chi connectivity index (χ4n) is 5.67. The smallest absolute Gasteiger partial charge is 0.407 e. The summed E-state index contributed by atoms with van der Waals surface area (Å²) >= 11 is 0. The highest BCUT2D eigenvalue weighted by Gasteiger charge is 2.41. The van der Waals surface area contributed by atoms with E-state index in [0.717, 1.165) is 32.1 Å². The molecule has 178 valence electrons. The molecule has 2 aromatic rings. The summed E-state index contributed by atoms with van der Waals surface area (Å²) in [4.78, 5) is 35.9. The molecule has 2 amide bonds. The van der Waals surface area contributed by atoms with Crippen molar-refractivity contribution >= 4 is 18.0 Å². The first-order valence-corrected chi connectivity index (χ1v) is 12.1. The zero-order valence-electron chi connectivity index (χ0n) is 19.1. The first-order chi connectivity index (χ1) is 16.4. The van der Waals surface area contributed by atoms with Crippen LogP contribution in [0.1, 0.15) is 62.0 Å². The number of ether oxygens (including phenoxy) is 1. The van der Waals surface area contributed by atoms with Crippen LogP contribution in [-0.4, -0.2) is 41.3 Å². The Bertz CT molecular complexity index is 1060. The number of amides is 2. The Hall–Kier alpha value is -3.35. The Morgan fingerprint density at radius 2 is 1.59 bits per heavy atom. The molecule has 0 saturated heterocycles. The Morgan fingerprint density at radius 1 is 0.971 bits per heavy atom. The number of hydrogen-bond donors (Lipinski definition) is 3. The van der Waals surface area contributed by atoms with Crippen molar-refractivity contribution in [2.75, 3.05) is 6.61 Å². The van der Waals surface area contributed by atoms with Crippen LogP contribution in [0.4, 0.5) is 4.79 Å². The lowest BCUT2D eigenvalue weighted by Crippen LogP contribution is -2.55. The largest absolute Gasteiger partial charge is 0.481 e. The van der Waals surface area contributed by atoms with Gasteiger partial charge in [0.2, 0.25) is 5.91 Å². The van der Waals surface area contributed by atoms with Crippen LogP contribution >= 0.6 is 0 Å². The second kappa shape index (κ2) is 9.12. The van der Waals surface area contributed by atoms with Gasteiger partial charge in [0.1, 0.15) is 6.61 Å². The van der Waals surface area contributed by atoms with Crippen LogP contribution in [0.2, 0.25) is 0 Å². The Labute approximate surface area is 198 Å². The van der Waals surface area contributed by atoms with Gasteiger partial charge in [-0.3, -0.25) is 9.59 Å². The third-order valence-corrected chi connectivity index (χ3v) is 7.58. The van der Waals surface area contributed by atoms with Crippen molar-refractivity contribution in [3.8, 4) is 11.1 Å². The van der Waals surface area contributed by atoms with E-state index in [1.54, 1.807) is 0 Å². The number of carboxylic acid groups (broad SMARTS) is 1. The van der Waals surface area contributed by atoms with Crippen LogP contribution in [0.15, 0.2) is 48.5 Å². The first-order valence-electron chi connectivity index (χ1n) is 12.1. The van der Waals surface area contributed by atoms with Crippen LogP contribution in [0.3, 0.4) is 0 Å². The van der Waals surface area contributed by atoms with E-state index >= 15 is 0 Å². The highest BCUT2D eigenvalue weighted by molar-refractivity contribution is 5.80. The van der Waals surface area contributed by atoms with E-state index in [9.17, 15) is 14.4 Å². The van der Waals surface area contributed by atoms with Gasteiger partial charge in [-0.2, -0.15) is 0 Å². The fourth-order valence-corrected chi connectivity index (χ4v) is 5.67. The highest BCUT2D eigenvalue weighted by Crippen LogP contribution is 2.44. The molecule has 0 spiro atoms. The average molecular weight is 463 g/mol. The molecule has 5 rings (SSSR count). The Morgan fingerprint density at radius 3 is 2.15 bits per heavy atom. The Balaban J connectivity index is 1.06. The topological polar surface area (TPSA) is 105 Å². The second-order valence-corrected chi connectivity index (χ2v) is 9.96. The molecular weight excluding hydrogens is 432 g/mol. The van der Waals surface area contributed by atoms with E-state index in [2.05, 4.69) is 34.9 Å². The molecule has 2 fully saturated rings. The zero-order valence-corrected chi connectivity index (χ0v) is 19.1. The maximum atomic E-state index is 12.4. The first kappa shape index (κ1) is 22.4. The summed E-state index contributed by atoms with van der Waals surface area (Å²) in [6, 6.07) is 16.5. The van der Waals surface area contributed by atoms with Crippen LogP contribution in [0.5, 0.6) is 0 Å². The van der Waals surface area contributed by atoms with Gasteiger partial charge >= 0.3 is 12.1 Å². The molecule has 0 radical (unpaired) electrons. The SMILES string of the molecule is O=C(O)CC1(NC(=O)CC2CC(NC(=O)OCC3c4ccccc4-c4ccccc43)C2)CCC1. The summed E-state index contributed by atoms with van der Waals surface area (Å²) in [5, 5.41) is 15.0. The summed E-state index contributed by atoms with van der Waals surface area (Å²) in [5.74, 6) is -0.747. The maximum Gasteiger partial charge on any atom is 0.407 e. The van der Waals surface area contributed by atoms with Crippen LogP contribution < -0.4 is 10.6 Å². The summed E-state index contributed by atoms with van der Waals surface area (Å²) in [6.45, 7) is 0.282. The van der Waals surface area contributed by atoms with E-state index in [-0.39, 0.29) is 36.8 Å². The zero-order chi connectivity index (χ0) is 23.7. The molecule has 0 bridgehead atoms. The molecule has 3 aliphatic carbocycles. The minimum atomic E-state index is -0.879. The summed E-state index contributed by atoms with van der Waals surface area (Å²) in [5.41, 5.74) is 4.18. The number of fused-ring (bicyclic) bond motifs is 3. The van der Waals surface area contributed by atoms with Crippen molar-refractivity contribution in [2.45, 2.75) is 62.4 Å². The number of rotatable bonds is 8. The molecule has 0 unspecified atom stereocenters. The predicted molar refractivity (Wildman–Crippen MR) is 126 cm³/mol. The van der Waals surface area contributed by atoms with Crippen LogP contribution in [0.25, 0.3) is 11.1 Å². The number of carboxylic acids is 1. The molecule has 3 aliphatic rings. The lowest BCUT2D eigenvalue weighted by molar-refractivity contribution is -0.140. The van der Waals surface area contributed by atoms with Gasteiger partial charge in [0.05, 0.1) is 12.0 Å². The van der Waals surface area contributed by atoms with Crippen molar-refractivity contribution in [3.63, 3.8) is 0 Å². The fraction of sp³-hybridized carbons (Fsp3) is 0.444. The molecule has 2 saturated carbocycles. The van der Waals surface area contributed by atoms with Crippen molar-refractivity contribution in [1.82, 2.24) is 10.6 Å². The summed E-state index contributed by atoms with van der Waals surface area (Å²) < 4.78 is 5.60. The minimum absolute atomic E-state index is 0.00475. The van der Waals surface area contributed by atoms with Gasteiger partial charge < -0.3 is 20.5 Å². The van der Waals surface area contributed by atoms with Gasteiger partial charge in [-0.05, 0) is 60.3 Å². The predicted octanol–water partition coefficient (Wildman–Crippen LogP) is 4.21. The number of benzene rings is 2. The molecule has 0 aliphatic heterocycles. The summed E-state index contributed by atoms with van der Waals surface area (Å²) in [7, 11) is 0. The molecule has 3 N–H and O–H groups in total. The van der Waals surface area contributed by atoms with Gasteiger partial charge in [0.15, 0.2) is 0 Å². The monoisotopic (exact) mass is 462 g/mol. The van der Waals surface area contributed by atoms with Crippen LogP contribution in [-0.2, 0) is 14.3 Å². The number of hydrogen-bond acceptors (Lipinski definition) is 4. The molecule has 7 nitrogen and oxygen atoms in total. The third kappa shape index (κ3) is 4.52. The van der Waals surface area contributed by atoms with Crippen LogP contribution in [0, 0.1) is 5.92 Å². The molecule has 0 atom stereocenters.